The standard InChI is InChI=1S/C45H34N6O2/c1-28-3-17-42-38(19-28)48-44(52-42)32-7-11-36(12-8-32)46-23-30-5-15-40-34(21-30)25-50-27-51(40)26-35-22-31(6-16-41(35)50)24-47-37-13-9-33(10-14-37)45-49-39-20-29(2)4-18-43(39)53-45/h3-24H,25-27H2,1-2H3. The third kappa shape index (κ3) is 5.94. The summed E-state index contributed by atoms with van der Waals surface area (Å²) in [5.41, 5.74) is 16.6. The molecule has 2 aliphatic heterocycles. The molecule has 0 saturated heterocycles. The van der Waals surface area contributed by atoms with E-state index in [4.69, 9.17) is 18.8 Å². The molecule has 8 nitrogen and oxygen atoms in total. The van der Waals surface area contributed by atoms with Crippen LogP contribution in [0.4, 0.5) is 22.7 Å². The molecule has 2 bridgehead atoms. The summed E-state index contributed by atoms with van der Waals surface area (Å²) in [5, 5.41) is 0. The molecule has 8 aromatic rings. The molecule has 0 unspecified atom stereocenters. The molecule has 53 heavy (non-hydrogen) atoms. The van der Waals surface area contributed by atoms with Crippen LogP contribution in [0.1, 0.15) is 33.4 Å². The molecule has 0 spiro atoms. The number of anilines is 2. The van der Waals surface area contributed by atoms with E-state index in [0.29, 0.717) is 11.8 Å². The van der Waals surface area contributed by atoms with Gasteiger partial charge in [0.25, 0.3) is 0 Å². The van der Waals surface area contributed by atoms with Gasteiger partial charge in [-0.25, -0.2) is 9.97 Å². The van der Waals surface area contributed by atoms with E-state index in [9.17, 15) is 0 Å². The second kappa shape index (κ2) is 12.5. The Morgan fingerprint density at radius 1 is 0.528 bits per heavy atom. The molecular weight excluding hydrogens is 657 g/mol. The number of benzene rings is 6. The number of oxazole rings is 2. The number of fused-ring (bicyclic) bond motifs is 8. The lowest BCUT2D eigenvalue weighted by atomic mass is 9.99. The summed E-state index contributed by atoms with van der Waals surface area (Å²) in [5.74, 6) is 1.24. The summed E-state index contributed by atoms with van der Waals surface area (Å²) < 4.78 is 11.9. The molecule has 256 valence electrons. The van der Waals surface area contributed by atoms with E-state index in [1.54, 1.807) is 0 Å². The first-order chi connectivity index (χ1) is 26.0. The van der Waals surface area contributed by atoms with Crippen molar-refractivity contribution in [2.75, 3.05) is 16.5 Å². The van der Waals surface area contributed by atoms with E-state index < -0.39 is 0 Å². The van der Waals surface area contributed by atoms with Gasteiger partial charge in [0, 0.05) is 48.0 Å². The Hall–Kier alpha value is -6.80. The number of nitrogens with zero attached hydrogens (tertiary/aromatic N) is 6. The van der Waals surface area contributed by atoms with Gasteiger partial charge in [0.2, 0.25) is 11.8 Å². The maximum atomic E-state index is 5.97. The quantitative estimate of drug-likeness (QED) is 0.162. The van der Waals surface area contributed by atoms with Crippen LogP contribution in [-0.2, 0) is 13.1 Å². The van der Waals surface area contributed by atoms with Crippen molar-refractivity contribution in [1.29, 1.82) is 0 Å². The molecule has 8 heteroatoms. The zero-order chi connectivity index (χ0) is 35.5. The summed E-state index contributed by atoms with van der Waals surface area (Å²) >= 11 is 0. The number of aromatic nitrogens is 2. The fraction of sp³-hybridized carbons (Fsp3) is 0.111. The zero-order valence-corrected chi connectivity index (χ0v) is 29.3. The van der Waals surface area contributed by atoms with Gasteiger partial charge < -0.3 is 18.6 Å². The van der Waals surface area contributed by atoms with Crippen molar-refractivity contribution in [2.24, 2.45) is 9.98 Å². The molecule has 0 aliphatic carbocycles. The van der Waals surface area contributed by atoms with Crippen molar-refractivity contribution in [3.8, 4) is 22.9 Å². The molecule has 0 amide bonds. The average molecular weight is 691 g/mol. The highest BCUT2D eigenvalue weighted by atomic mass is 16.4. The van der Waals surface area contributed by atoms with Crippen LogP contribution in [0.25, 0.3) is 45.1 Å². The van der Waals surface area contributed by atoms with Gasteiger partial charge in [0.15, 0.2) is 11.2 Å². The molecule has 0 radical (unpaired) electrons. The Balaban J connectivity index is 0.812. The van der Waals surface area contributed by atoms with Gasteiger partial charge in [-0.15, -0.1) is 0 Å². The maximum Gasteiger partial charge on any atom is 0.227 e. The van der Waals surface area contributed by atoms with Gasteiger partial charge in [0.1, 0.15) is 11.0 Å². The van der Waals surface area contributed by atoms with Crippen LogP contribution in [0.2, 0.25) is 0 Å². The van der Waals surface area contributed by atoms with Crippen LogP contribution >= 0.6 is 0 Å². The van der Waals surface area contributed by atoms with Gasteiger partial charge in [-0.1, -0.05) is 24.3 Å². The molecule has 6 aromatic carbocycles. The molecule has 0 fully saturated rings. The number of hydrogen-bond acceptors (Lipinski definition) is 8. The first-order valence-corrected chi connectivity index (χ1v) is 17.8. The normalized spacial score (nSPS) is 13.8. The summed E-state index contributed by atoms with van der Waals surface area (Å²) in [7, 11) is 0. The van der Waals surface area contributed by atoms with E-state index in [2.05, 4.69) is 70.0 Å². The van der Waals surface area contributed by atoms with E-state index in [0.717, 1.165) is 86.7 Å². The fourth-order valence-corrected chi connectivity index (χ4v) is 7.28. The third-order valence-electron chi connectivity index (χ3n) is 9.99. The van der Waals surface area contributed by atoms with E-state index in [1.807, 2.05) is 97.4 Å². The van der Waals surface area contributed by atoms with Crippen LogP contribution in [0, 0.1) is 13.8 Å². The zero-order valence-electron chi connectivity index (χ0n) is 29.3. The van der Waals surface area contributed by atoms with E-state index in [-0.39, 0.29) is 0 Å². The first-order valence-electron chi connectivity index (χ1n) is 17.8. The summed E-state index contributed by atoms with van der Waals surface area (Å²) in [4.78, 5) is 23.8. The van der Waals surface area contributed by atoms with Crippen molar-refractivity contribution in [3.05, 3.63) is 155 Å². The number of aliphatic imine (C=N–C) groups is 2. The molecule has 2 aromatic heterocycles. The van der Waals surface area contributed by atoms with Gasteiger partial charge >= 0.3 is 0 Å². The van der Waals surface area contributed by atoms with Gasteiger partial charge in [-0.3, -0.25) is 9.98 Å². The first kappa shape index (κ1) is 31.0. The van der Waals surface area contributed by atoms with Gasteiger partial charge in [0.05, 0.1) is 18.0 Å². The second-order valence-corrected chi connectivity index (χ2v) is 13.9. The van der Waals surface area contributed by atoms with Gasteiger partial charge in [-0.2, -0.15) is 0 Å². The monoisotopic (exact) mass is 690 g/mol. The lowest BCUT2D eigenvalue weighted by molar-refractivity contribution is 0.619. The predicted octanol–water partition coefficient (Wildman–Crippen LogP) is 10.7. The fourth-order valence-electron chi connectivity index (χ4n) is 7.28. The summed E-state index contributed by atoms with van der Waals surface area (Å²) in [6.07, 6.45) is 3.88. The van der Waals surface area contributed by atoms with Gasteiger partial charge in [-0.05, 0) is 144 Å². The Labute approximate surface area is 306 Å². The Bertz CT molecular complexity index is 2550. The number of rotatable bonds is 6. The summed E-state index contributed by atoms with van der Waals surface area (Å²) in [6, 6.07) is 41.4. The van der Waals surface area contributed by atoms with Crippen LogP contribution in [0.15, 0.2) is 140 Å². The Morgan fingerprint density at radius 3 is 1.43 bits per heavy atom. The van der Waals surface area contributed by atoms with E-state index >= 15 is 0 Å². The smallest absolute Gasteiger partial charge is 0.227 e. The highest BCUT2D eigenvalue weighted by molar-refractivity contribution is 5.86. The maximum absolute atomic E-state index is 5.97. The highest BCUT2D eigenvalue weighted by Crippen LogP contribution is 2.38. The Morgan fingerprint density at radius 2 is 0.981 bits per heavy atom. The molecule has 0 atom stereocenters. The highest BCUT2D eigenvalue weighted by Gasteiger charge is 2.29. The SMILES string of the molecule is Cc1ccc2oc(-c3ccc(N=Cc4ccc5c(c4)CN4CN5Cc5cc(C=Nc6ccc(-c7nc8cc(C)ccc8o7)cc6)ccc54)cc3)nc2c1. The Kier molecular flexibility index (Phi) is 7.28. The molecule has 0 N–H and O–H groups in total. The average Bonchev–Trinajstić information content (AvgIpc) is 3.80. The molecule has 0 saturated carbocycles. The van der Waals surface area contributed by atoms with Crippen LogP contribution < -0.4 is 9.80 Å². The lowest BCUT2D eigenvalue weighted by Crippen LogP contribution is -2.46. The van der Waals surface area contributed by atoms with Crippen molar-refractivity contribution in [1.82, 2.24) is 9.97 Å². The third-order valence-corrected chi connectivity index (χ3v) is 9.99. The van der Waals surface area contributed by atoms with Crippen molar-refractivity contribution >= 4 is 57.4 Å². The number of aryl methyl sites for hydroxylation is 2. The molecule has 2 aliphatic rings. The van der Waals surface area contributed by atoms with Crippen LogP contribution in [0.5, 0.6) is 0 Å². The minimum Gasteiger partial charge on any atom is -0.436 e. The largest absolute Gasteiger partial charge is 0.436 e. The van der Waals surface area contributed by atoms with Crippen molar-refractivity contribution in [3.63, 3.8) is 0 Å². The molecule has 4 heterocycles. The number of hydrogen-bond donors (Lipinski definition) is 0. The van der Waals surface area contributed by atoms with Crippen molar-refractivity contribution < 1.29 is 8.83 Å². The van der Waals surface area contributed by atoms with Crippen molar-refractivity contribution in [2.45, 2.75) is 26.9 Å². The summed E-state index contributed by atoms with van der Waals surface area (Å²) in [6.45, 7) is 6.68. The molecular formula is C45H34N6O2. The van der Waals surface area contributed by atoms with Crippen LogP contribution in [0.3, 0.4) is 0 Å². The minimum atomic E-state index is 0.618. The topological polar surface area (TPSA) is 83.3 Å². The van der Waals surface area contributed by atoms with Crippen LogP contribution in [-0.4, -0.2) is 29.1 Å². The minimum absolute atomic E-state index is 0.618. The second-order valence-electron chi connectivity index (χ2n) is 13.9. The predicted molar refractivity (Wildman–Crippen MR) is 213 cm³/mol. The lowest BCUT2D eigenvalue weighted by Gasteiger charge is -2.45. The molecule has 10 rings (SSSR count). The van der Waals surface area contributed by atoms with E-state index in [1.165, 1.54) is 22.5 Å².